The molecule has 3 N–H and O–H groups in total. The number of fused-ring (bicyclic) bond motifs is 5. The quantitative estimate of drug-likeness (QED) is 0.430. The van der Waals surface area contributed by atoms with E-state index in [-0.39, 0.29) is 19.1 Å². The number of hydrogen-bond acceptors (Lipinski definition) is 7. The molecule has 9 heteroatoms. The Kier molecular flexibility index (Phi) is 6.05. The number of amides is 1. The normalized spacial score (nSPS) is 18.2. The zero-order valence-corrected chi connectivity index (χ0v) is 19.9. The van der Waals surface area contributed by atoms with Crippen molar-refractivity contribution >= 4 is 34.0 Å². The number of aliphatic hydroxyl groups excluding tert-OH is 1. The summed E-state index contributed by atoms with van der Waals surface area (Å²) in [6.45, 7) is 6.11. The number of aromatic nitrogens is 2. The van der Waals surface area contributed by atoms with Gasteiger partial charge in [0.1, 0.15) is 12.4 Å². The summed E-state index contributed by atoms with van der Waals surface area (Å²) < 4.78 is 7.44. The van der Waals surface area contributed by atoms with E-state index in [1.807, 2.05) is 16.7 Å². The minimum atomic E-state index is -0.0321. The van der Waals surface area contributed by atoms with Gasteiger partial charge in [-0.15, -0.1) is 0 Å². The molecule has 1 aliphatic carbocycles. The summed E-state index contributed by atoms with van der Waals surface area (Å²) in [5.74, 6) is 0.799. The maximum Gasteiger partial charge on any atom is 0.244 e. The Morgan fingerprint density at radius 2 is 1.94 bits per heavy atom. The largest absolute Gasteiger partial charge is 0.394 e. The highest BCUT2D eigenvalue weighted by atomic mass is 16.5. The third kappa shape index (κ3) is 4.71. The molecule has 3 aliphatic rings. The van der Waals surface area contributed by atoms with Crippen LogP contribution in [-0.4, -0.2) is 84.1 Å². The van der Waals surface area contributed by atoms with Crippen molar-refractivity contribution in [2.45, 2.75) is 25.4 Å². The fraction of sp³-hybridized carbons (Fsp3) is 0.462. The molecule has 0 bridgehead atoms. The zero-order valence-electron chi connectivity index (χ0n) is 19.9. The van der Waals surface area contributed by atoms with Crippen LogP contribution in [0.5, 0.6) is 0 Å². The van der Waals surface area contributed by atoms with E-state index in [1.165, 1.54) is 12.8 Å². The van der Waals surface area contributed by atoms with Crippen LogP contribution in [0.4, 0.5) is 17.1 Å². The Hall–Kier alpha value is -3.14. The number of carbonyl (C=O) groups is 1. The van der Waals surface area contributed by atoms with Crippen LogP contribution >= 0.6 is 0 Å². The van der Waals surface area contributed by atoms with E-state index in [4.69, 9.17) is 14.8 Å². The van der Waals surface area contributed by atoms with Crippen LogP contribution in [0.15, 0.2) is 36.4 Å². The number of nitrogens with zero attached hydrogens (tertiary/aromatic N) is 4. The third-order valence-corrected chi connectivity index (χ3v) is 7.04. The van der Waals surface area contributed by atoms with Crippen LogP contribution in [0, 0.1) is 0 Å². The van der Waals surface area contributed by atoms with E-state index in [0.29, 0.717) is 19.3 Å². The van der Waals surface area contributed by atoms with E-state index in [0.717, 1.165) is 72.2 Å². The molecule has 35 heavy (non-hydrogen) atoms. The van der Waals surface area contributed by atoms with Gasteiger partial charge in [0.25, 0.3) is 0 Å². The van der Waals surface area contributed by atoms with Crippen molar-refractivity contribution in [1.82, 2.24) is 14.5 Å². The molecule has 0 spiro atoms. The number of hydrogen-bond donors (Lipinski definition) is 3. The minimum absolute atomic E-state index is 0.0321. The van der Waals surface area contributed by atoms with E-state index in [1.54, 1.807) is 0 Å². The van der Waals surface area contributed by atoms with Gasteiger partial charge in [-0.1, -0.05) is 0 Å². The summed E-state index contributed by atoms with van der Waals surface area (Å²) in [6.07, 6.45) is 2.42. The first-order valence-electron chi connectivity index (χ1n) is 12.5. The number of carbonyl (C=O) groups excluding carboxylic acids is 1. The summed E-state index contributed by atoms with van der Waals surface area (Å²) in [7, 11) is 0. The van der Waals surface area contributed by atoms with Gasteiger partial charge in [0.2, 0.25) is 5.91 Å². The Labute approximate surface area is 204 Å². The molecule has 2 aromatic carbocycles. The topological polar surface area (TPSA) is 94.9 Å². The first-order valence-corrected chi connectivity index (χ1v) is 12.5. The number of ether oxygens (including phenoxy) is 1. The van der Waals surface area contributed by atoms with Crippen molar-refractivity contribution in [3.8, 4) is 11.4 Å². The Morgan fingerprint density at radius 1 is 1.09 bits per heavy atom. The van der Waals surface area contributed by atoms with Crippen LogP contribution in [0.1, 0.15) is 12.8 Å². The first-order chi connectivity index (χ1) is 17.2. The van der Waals surface area contributed by atoms with E-state index in [9.17, 15) is 4.79 Å². The van der Waals surface area contributed by atoms with Gasteiger partial charge in [-0.3, -0.25) is 9.69 Å². The van der Waals surface area contributed by atoms with E-state index >= 15 is 0 Å². The number of aliphatic hydroxyl groups is 1. The van der Waals surface area contributed by atoms with Gasteiger partial charge in [-0.05, 0) is 49.2 Å². The molecule has 0 atom stereocenters. The average molecular weight is 477 g/mol. The lowest BCUT2D eigenvalue weighted by Crippen LogP contribution is -2.47. The Bertz CT molecular complexity index is 1230. The van der Waals surface area contributed by atoms with Gasteiger partial charge in [0.05, 0.1) is 36.5 Å². The second kappa shape index (κ2) is 9.49. The second-order valence-electron chi connectivity index (χ2n) is 9.59. The molecule has 1 aromatic heterocycles. The molecule has 9 nitrogen and oxygen atoms in total. The SMILES string of the molecule is O=C1Cn2c(nc3cc(N4CCN(CCOCCO)CC4)ccc32)-c2cc(NC3CC3)ccc2N1. The van der Waals surface area contributed by atoms with Crippen molar-refractivity contribution in [2.24, 2.45) is 0 Å². The lowest BCUT2D eigenvalue weighted by atomic mass is 10.1. The third-order valence-electron chi connectivity index (χ3n) is 7.04. The van der Waals surface area contributed by atoms with Crippen LogP contribution in [0.3, 0.4) is 0 Å². The number of piperazine rings is 1. The highest BCUT2D eigenvalue weighted by molar-refractivity contribution is 6.00. The lowest BCUT2D eigenvalue weighted by Gasteiger charge is -2.36. The molecule has 1 amide bonds. The van der Waals surface area contributed by atoms with Crippen molar-refractivity contribution in [3.05, 3.63) is 36.4 Å². The summed E-state index contributed by atoms with van der Waals surface area (Å²) in [6, 6.07) is 13.1. The summed E-state index contributed by atoms with van der Waals surface area (Å²) in [5, 5.41) is 15.4. The Morgan fingerprint density at radius 3 is 2.74 bits per heavy atom. The molecular weight excluding hydrogens is 444 g/mol. The molecule has 2 aliphatic heterocycles. The number of benzene rings is 2. The molecule has 184 valence electrons. The molecule has 6 rings (SSSR count). The maximum absolute atomic E-state index is 12.7. The lowest BCUT2D eigenvalue weighted by molar-refractivity contribution is -0.116. The van der Waals surface area contributed by atoms with Crippen LogP contribution in [-0.2, 0) is 16.1 Å². The van der Waals surface area contributed by atoms with Crippen LogP contribution in [0.25, 0.3) is 22.4 Å². The molecule has 1 saturated heterocycles. The summed E-state index contributed by atoms with van der Waals surface area (Å²) in [4.78, 5) is 22.5. The molecular formula is C26H32N6O3. The van der Waals surface area contributed by atoms with Gasteiger partial charge in [0, 0.05) is 55.7 Å². The molecule has 0 unspecified atom stereocenters. The average Bonchev–Trinajstić information content (AvgIpc) is 3.64. The smallest absolute Gasteiger partial charge is 0.244 e. The number of anilines is 3. The number of nitrogens with one attached hydrogen (secondary N) is 2. The van der Waals surface area contributed by atoms with Crippen LogP contribution in [0.2, 0.25) is 0 Å². The predicted molar refractivity (Wildman–Crippen MR) is 137 cm³/mol. The van der Waals surface area contributed by atoms with Crippen molar-refractivity contribution in [3.63, 3.8) is 0 Å². The minimum Gasteiger partial charge on any atom is -0.394 e. The fourth-order valence-corrected chi connectivity index (χ4v) is 5.00. The fourth-order valence-electron chi connectivity index (χ4n) is 5.00. The van der Waals surface area contributed by atoms with Crippen LogP contribution < -0.4 is 15.5 Å². The van der Waals surface area contributed by atoms with E-state index < -0.39 is 0 Å². The number of rotatable bonds is 8. The van der Waals surface area contributed by atoms with Gasteiger partial charge < -0.3 is 29.9 Å². The number of imidazole rings is 1. The van der Waals surface area contributed by atoms with Gasteiger partial charge in [-0.2, -0.15) is 0 Å². The van der Waals surface area contributed by atoms with Crippen molar-refractivity contribution in [2.75, 3.05) is 68.1 Å². The highest BCUT2D eigenvalue weighted by Gasteiger charge is 2.25. The predicted octanol–water partition coefficient (Wildman–Crippen LogP) is 2.36. The standard InChI is InChI=1S/C26H32N6O3/c33-12-14-35-13-11-30-7-9-31(10-8-30)20-4-6-24-23(16-20)29-26-21-15-19(27-18-1-2-18)3-5-22(21)28-25(34)17-32(24)26/h3-6,15-16,18,27,33H,1-2,7-14,17H2,(H,28,34). The first kappa shape index (κ1) is 22.3. The van der Waals surface area contributed by atoms with Gasteiger partial charge in [-0.25, -0.2) is 4.98 Å². The monoisotopic (exact) mass is 476 g/mol. The highest BCUT2D eigenvalue weighted by Crippen LogP contribution is 2.37. The molecule has 1 saturated carbocycles. The summed E-state index contributed by atoms with van der Waals surface area (Å²) >= 11 is 0. The Balaban J connectivity index is 1.24. The molecule has 2 fully saturated rings. The second-order valence-corrected chi connectivity index (χ2v) is 9.59. The zero-order chi connectivity index (χ0) is 23.8. The molecule has 0 radical (unpaired) electrons. The molecule has 3 aromatic rings. The van der Waals surface area contributed by atoms with Crippen molar-refractivity contribution in [1.29, 1.82) is 0 Å². The van der Waals surface area contributed by atoms with E-state index in [2.05, 4.69) is 44.7 Å². The summed E-state index contributed by atoms with van der Waals surface area (Å²) in [5.41, 5.74) is 5.89. The molecule has 3 heterocycles. The van der Waals surface area contributed by atoms with Gasteiger partial charge >= 0.3 is 0 Å². The maximum atomic E-state index is 12.7. The van der Waals surface area contributed by atoms with Gasteiger partial charge in [0.15, 0.2) is 0 Å². The van der Waals surface area contributed by atoms with Crippen molar-refractivity contribution < 1.29 is 14.6 Å².